The molecule has 3 aromatic carbocycles. The predicted molar refractivity (Wildman–Crippen MR) is 148 cm³/mol. The summed E-state index contributed by atoms with van der Waals surface area (Å²) in [5.41, 5.74) is 5.32. The summed E-state index contributed by atoms with van der Waals surface area (Å²) >= 11 is 0. The van der Waals surface area contributed by atoms with Gasteiger partial charge in [-0.3, -0.25) is 4.79 Å². The summed E-state index contributed by atoms with van der Waals surface area (Å²) in [4.78, 5) is 18.2. The second kappa shape index (κ2) is 11.6. The van der Waals surface area contributed by atoms with Crippen LogP contribution in [0.1, 0.15) is 40.4 Å². The first-order valence-electron chi connectivity index (χ1n) is 13.1. The topological polar surface area (TPSA) is 66.1 Å². The van der Waals surface area contributed by atoms with Crippen LogP contribution < -0.4 is 25.0 Å². The van der Waals surface area contributed by atoms with Crippen molar-refractivity contribution in [2.45, 2.75) is 25.4 Å². The summed E-state index contributed by atoms with van der Waals surface area (Å²) in [6, 6.07) is 22.3. The molecule has 2 N–H and O–H groups in total. The second-order valence-electron chi connectivity index (χ2n) is 9.54. The van der Waals surface area contributed by atoms with Gasteiger partial charge in [-0.2, -0.15) is 0 Å². The van der Waals surface area contributed by atoms with Gasteiger partial charge in [0.1, 0.15) is 0 Å². The standard InChI is InChI=1S/C30H36N4O3/c1-36-28-14-13-22(20-29(28)37-2)26(12-7-15-32-23-8-4-3-5-9-23)34-21-25-24(30(34)35)10-6-11-27(25)33-18-16-31-17-19-33/h3-6,8-11,13-14,20,26,31-32H,7,12,15-19,21H2,1-2H3/t26-/m1/s1. The maximum atomic E-state index is 13.8. The Morgan fingerprint density at radius 3 is 2.49 bits per heavy atom. The number of nitrogens with one attached hydrogen (secondary N) is 2. The molecule has 0 aliphatic carbocycles. The fourth-order valence-corrected chi connectivity index (χ4v) is 5.44. The van der Waals surface area contributed by atoms with Gasteiger partial charge in [0.25, 0.3) is 5.91 Å². The molecular weight excluding hydrogens is 464 g/mol. The molecule has 0 saturated carbocycles. The largest absolute Gasteiger partial charge is 0.493 e. The van der Waals surface area contributed by atoms with E-state index in [0.717, 1.165) is 67.9 Å². The lowest BCUT2D eigenvalue weighted by Crippen LogP contribution is -2.43. The van der Waals surface area contributed by atoms with E-state index < -0.39 is 0 Å². The van der Waals surface area contributed by atoms with Gasteiger partial charge in [-0.1, -0.05) is 30.3 Å². The number of hydrogen-bond donors (Lipinski definition) is 2. The van der Waals surface area contributed by atoms with Gasteiger partial charge >= 0.3 is 0 Å². The molecule has 2 aliphatic heterocycles. The van der Waals surface area contributed by atoms with Crippen LogP contribution in [0, 0.1) is 0 Å². The zero-order valence-corrected chi connectivity index (χ0v) is 21.7. The maximum absolute atomic E-state index is 13.8. The third kappa shape index (κ3) is 5.37. The van der Waals surface area contributed by atoms with Crippen molar-refractivity contribution in [1.29, 1.82) is 0 Å². The van der Waals surface area contributed by atoms with Crippen LogP contribution in [0.15, 0.2) is 66.7 Å². The predicted octanol–water partition coefficient (Wildman–Crippen LogP) is 4.70. The highest BCUT2D eigenvalue weighted by Gasteiger charge is 2.36. The van der Waals surface area contributed by atoms with Crippen LogP contribution >= 0.6 is 0 Å². The van der Waals surface area contributed by atoms with Gasteiger partial charge in [0.2, 0.25) is 0 Å². The molecule has 37 heavy (non-hydrogen) atoms. The van der Waals surface area contributed by atoms with E-state index >= 15 is 0 Å². The molecule has 1 saturated heterocycles. The van der Waals surface area contributed by atoms with Crippen molar-refractivity contribution >= 4 is 17.3 Å². The number of fused-ring (bicyclic) bond motifs is 1. The molecule has 0 spiro atoms. The summed E-state index contributed by atoms with van der Waals surface area (Å²) in [6.45, 7) is 5.27. The molecule has 2 heterocycles. The van der Waals surface area contributed by atoms with Crippen LogP contribution in [-0.2, 0) is 6.54 Å². The summed E-state index contributed by atoms with van der Waals surface area (Å²) in [5.74, 6) is 1.47. The highest BCUT2D eigenvalue weighted by Crippen LogP contribution is 2.40. The summed E-state index contributed by atoms with van der Waals surface area (Å²) in [5, 5.41) is 6.93. The number of methoxy groups -OCH3 is 2. The molecule has 1 fully saturated rings. The van der Waals surface area contributed by atoms with Crippen molar-refractivity contribution in [3.63, 3.8) is 0 Å². The van der Waals surface area contributed by atoms with E-state index in [1.54, 1.807) is 14.2 Å². The zero-order valence-electron chi connectivity index (χ0n) is 21.7. The van der Waals surface area contributed by atoms with Crippen molar-refractivity contribution in [3.05, 3.63) is 83.4 Å². The van der Waals surface area contributed by atoms with Crippen molar-refractivity contribution in [2.24, 2.45) is 0 Å². The third-order valence-electron chi connectivity index (χ3n) is 7.35. The number of benzene rings is 3. The number of nitrogens with zero attached hydrogens (tertiary/aromatic N) is 2. The van der Waals surface area contributed by atoms with Crippen molar-refractivity contribution < 1.29 is 14.3 Å². The van der Waals surface area contributed by atoms with Gasteiger partial charge in [-0.15, -0.1) is 0 Å². The Morgan fingerprint density at radius 2 is 1.73 bits per heavy atom. The molecule has 0 unspecified atom stereocenters. The molecule has 2 aliphatic rings. The quantitative estimate of drug-likeness (QED) is 0.394. The lowest BCUT2D eigenvalue weighted by molar-refractivity contribution is 0.0690. The third-order valence-corrected chi connectivity index (χ3v) is 7.35. The van der Waals surface area contributed by atoms with E-state index in [-0.39, 0.29) is 11.9 Å². The first-order chi connectivity index (χ1) is 18.2. The SMILES string of the molecule is COc1ccc([C@@H](CCCNc2ccccc2)N2Cc3c(cccc3N3CCNCC3)C2=O)cc1OC. The van der Waals surface area contributed by atoms with Crippen molar-refractivity contribution in [1.82, 2.24) is 10.2 Å². The van der Waals surface area contributed by atoms with E-state index in [9.17, 15) is 4.79 Å². The highest BCUT2D eigenvalue weighted by atomic mass is 16.5. The second-order valence-corrected chi connectivity index (χ2v) is 9.54. The number of hydrogen-bond acceptors (Lipinski definition) is 6. The molecule has 0 aromatic heterocycles. The van der Waals surface area contributed by atoms with Gasteiger partial charge in [-0.25, -0.2) is 0 Å². The summed E-state index contributed by atoms with van der Waals surface area (Å²) in [7, 11) is 3.29. The minimum atomic E-state index is -0.0758. The van der Waals surface area contributed by atoms with E-state index in [0.29, 0.717) is 18.0 Å². The number of carbonyl (C=O) groups excluding carboxylic acids is 1. The summed E-state index contributed by atoms with van der Waals surface area (Å²) < 4.78 is 11.1. The number of rotatable bonds is 10. The van der Waals surface area contributed by atoms with E-state index in [2.05, 4.69) is 39.8 Å². The Balaban J connectivity index is 1.40. The fourth-order valence-electron chi connectivity index (χ4n) is 5.44. The monoisotopic (exact) mass is 500 g/mol. The average molecular weight is 501 g/mol. The van der Waals surface area contributed by atoms with Crippen LogP contribution in [0.4, 0.5) is 11.4 Å². The highest BCUT2D eigenvalue weighted by molar-refractivity contribution is 6.00. The van der Waals surface area contributed by atoms with Gasteiger partial charge in [0, 0.05) is 61.8 Å². The molecule has 5 rings (SSSR count). The van der Waals surface area contributed by atoms with Crippen molar-refractivity contribution in [2.75, 3.05) is 57.2 Å². The zero-order chi connectivity index (χ0) is 25.6. The molecule has 7 nitrogen and oxygen atoms in total. The molecule has 0 radical (unpaired) electrons. The first-order valence-corrected chi connectivity index (χ1v) is 13.1. The Hall–Kier alpha value is -3.71. The molecule has 0 bridgehead atoms. The van der Waals surface area contributed by atoms with Crippen LogP contribution in [0.3, 0.4) is 0 Å². The van der Waals surface area contributed by atoms with E-state index in [4.69, 9.17) is 9.47 Å². The van der Waals surface area contributed by atoms with Crippen LogP contribution in [-0.4, -0.2) is 57.8 Å². The number of amides is 1. The Bertz CT molecular complexity index is 1210. The minimum Gasteiger partial charge on any atom is -0.493 e. The van der Waals surface area contributed by atoms with E-state index in [1.807, 2.05) is 47.4 Å². The number of para-hydroxylation sites is 1. The smallest absolute Gasteiger partial charge is 0.255 e. The molecule has 1 atom stereocenters. The molecule has 3 aromatic rings. The Kier molecular flexibility index (Phi) is 7.80. The number of anilines is 2. The Morgan fingerprint density at radius 1 is 0.946 bits per heavy atom. The van der Waals surface area contributed by atoms with Crippen LogP contribution in [0.25, 0.3) is 0 Å². The lowest BCUT2D eigenvalue weighted by Gasteiger charge is -2.32. The molecular formula is C30H36N4O3. The maximum Gasteiger partial charge on any atom is 0.255 e. The fraction of sp³-hybridized carbons (Fsp3) is 0.367. The Labute approximate surface area is 219 Å². The van der Waals surface area contributed by atoms with Crippen LogP contribution in [0.2, 0.25) is 0 Å². The van der Waals surface area contributed by atoms with Gasteiger partial charge in [0.05, 0.1) is 20.3 Å². The average Bonchev–Trinajstić information content (AvgIpc) is 3.29. The summed E-state index contributed by atoms with van der Waals surface area (Å²) in [6.07, 6.45) is 1.75. The minimum absolute atomic E-state index is 0.0758. The number of carbonyl (C=O) groups is 1. The van der Waals surface area contributed by atoms with Gasteiger partial charge in [-0.05, 0) is 54.8 Å². The van der Waals surface area contributed by atoms with Crippen molar-refractivity contribution in [3.8, 4) is 11.5 Å². The first kappa shape index (κ1) is 25.0. The molecule has 1 amide bonds. The number of piperazine rings is 1. The number of ether oxygens (including phenoxy) is 2. The lowest BCUT2D eigenvalue weighted by atomic mass is 9.99. The van der Waals surface area contributed by atoms with Gasteiger partial charge < -0.3 is 29.9 Å². The van der Waals surface area contributed by atoms with Gasteiger partial charge in [0.15, 0.2) is 11.5 Å². The molecule has 7 heteroatoms. The normalized spacial score (nSPS) is 15.9. The van der Waals surface area contributed by atoms with Crippen LogP contribution in [0.5, 0.6) is 11.5 Å². The van der Waals surface area contributed by atoms with E-state index in [1.165, 1.54) is 5.69 Å². The molecule has 194 valence electrons.